The van der Waals surface area contributed by atoms with Crippen LogP contribution in [0.5, 0.6) is 0 Å². The summed E-state index contributed by atoms with van der Waals surface area (Å²) in [6.07, 6.45) is 3.22. The third-order valence-corrected chi connectivity index (χ3v) is 5.66. The molecule has 0 radical (unpaired) electrons. The molecule has 3 heterocycles. The van der Waals surface area contributed by atoms with Crippen LogP contribution < -0.4 is 20.9 Å². The van der Waals surface area contributed by atoms with Crippen molar-refractivity contribution in [2.24, 2.45) is 0 Å². The van der Waals surface area contributed by atoms with E-state index in [0.717, 1.165) is 44.7 Å². The Morgan fingerprint density at radius 1 is 1.17 bits per heavy atom. The van der Waals surface area contributed by atoms with Gasteiger partial charge < -0.3 is 25.6 Å². The molecule has 9 nitrogen and oxygen atoms in total. The van der Waals surface area contributed by atoms with Gasteiger partial charge >= 0.3 is 0 Å². The molecule has 0 atom stereocenters. The van der Waals surface area contributed by atoms with E-state index in [2.05, 4.69) is 31.0 Å². The van der Waals surface area contributed by atoms with Crippen LogP contribution >= 0.6 is 11.6 Å². The average molecular weight is 433 g/mol. The molecular weight excluding hydrogens is 408 g/mol. The Hall–Kier alpha value is -2.62. The minimum absolute atomic E-state index is 0.0983. The normalized spacial score (nSPS) is 17.6. The second-order valence-electron chi connectivity index (χ2n) is 7.36. The van der Waals surface area contributed by atoms with Gasteiger partial charge in [-0.15, -0.1) is 0 Å². The van der Waals surface area contributed by atoms with E-state index < -0.39 is 5.91 Å². The number of nitrogens with zero attached hydrogens (tertiary/aromatic N) is 2. The van der Waals surface area contributed by atoms with Crippen molar-refractivity contribution >= 4 is 34.8 Å². The smallest absolute Gasteiger partial charge is 0.274 e. The predicted molar refractivity (Wildman–Crippen MR) is 114 cm³/mol. The number of anilines is 2. The van der Waals surface area contributed by atoms with Crippen LogP contribution in [0.1, 0.15) is 33.7 Å². The van der Waals surface area contributed by atoms with Gasteiger partial charge in [-0.25, -0.2) is 0 Å². The summed E-state index contributed by atoms with van der Waals surface area (Å²) in [4.78, 5) is 27.5. The van der Waals surface area contributed by atoms with Crippen molar-refractivity contribution < 1.29 is 14.3 Å². The molecule has 4 N–H and O–H groups in total. The molecule has 1 aromatic heterocycles. The summed E-state index contributed by atoms with van der Waals surface area (Å²) in [6.45, 7) is 4.64. The molecule has 0 spiro atoms. The second kappa shape index (κ2) is 9.46. The fraction of sp³-hybridized carbons (Fsp3) is 0.450. The number of carbonyl (C=O) groups is 2. The number of amides is 2. The zero-order chi connectivity index (χ0) is 20.9. The van der Waals surface area contributed by atoms with Crippen LogP contribution in [0.2, 0.25) is 5.02 Å². The number of hydrogen-bond donors (Lipinski definition) is 4. The van der Waals surface area contributed by atoms with Crippen molar-refractivity contribution in [1.29, 1.82) is 0 Å². The van der Waals surface area contributed by atoms with E-state index in [9.17, 15) is 9.59 Å². The highest BCUT2D eigenvalue weighted by atomic mass is 35.5. The van der Waals surface area contributed by atoms with Gasteiger partial charge in [0.2, 0.25) is 0 Å². The number of hydrogen-bond acceptors (Lipinski definition) is 6. The number of rotatable bonds is 5. The Morgan fingerprint density at radius 3 is 2.67 bits per heavy atom. The molecule has 1 aromatic carbocycles. The summed E-state index contributed by atoms with van der Waals surface area (Å²) in [5.41, 5.74) is 1.76. The first-order valence-corrected chi connectivity index (χ1v) is 10.5. The standard InChI is InChI=1S/C20H25ClN6O3/c21-16-11-14(27-7-9-30-10-8-27)1-2-15(16)19(28)25-17-12-23-26-18(17)20(29)24-13-3-5-22-6-4-13/h1-2,11-13,22H,3-10H2,(H,23,26)(H,24,29)(H,25,28). The number of aromatic amines is 1. The van der Waals surface area contributed by atoms with E-state index >= 15 is 0 Å². The summed E-state index contributed by atoms with van der Waals surface area (Å²) in [7, 11) is 0. The number of ether oxygens (including phenoxy) is 1. The molecule has 0 saturated carbocycles. The van der Waals surface area contributed by atoms with Crippen molar-refractivity contribution in [2.45, 2.75) is 18.9 Å². The average Bonchev–Trinajstić information content (AvgIpc) is 3.23. The number of halogens is 1. The summed E-state index contributed by atoms with van der Waals surface area (Å²) >= 11 is 6.39. The topological polar surface area (TPSA) is 111 Å². The number of carbonyl (C=O) groups excluding carboxylic acids is 2. The maximum atomic E-state index is 12.8. The molecule has 30 heavy (non-hydrogen) atoms. The maximum Gasteiger partial charge on any atom is 0.274 e. The van der Waals surface area contributed by atoms with Gasteiger partial charge in [-0.3, -0.25) is 14.7 Å². The number of aromatic nitrogens is 2. The molecule has 4 rings (SSSR count). The van der Waals surface area contributed by atoms with Gasteiger partial charge in [0.1, 0.15) is 0 Å². The van der Waals surface area contributed by atoms with Crippen molar-refractivity contribution in [3.05, 3.63) is 40.7 Å². The Kier molecular flexibility index (Phi) is 6.51. The fourth-order valence-electron chi connectivity index (χ4n) is 3.67. The molecule has 2 aliphatic rings. The molecule has 10 heteroatoms. The minimum Gasteiger partial charge on any atom is -0.378 e. The van der Waals surface area contributed by atoms with E-state index in [4.69, 9.17) is 16.3 Å². The molecule has 160 valence electrons. The minimum atomic E-state index is -0.397. The summed E-state index contributed by atoms with van der Waals surface area (Å²) in [6, 6.07) is 5.44. The molecule has 2 amide bonds. The van der Waals surface area contributed by atoms with Crippen LogP contribution in [0.25, 0.3) is 0 Å². The number of piperidine rings is 1. The van der Waals surface area contributed by atoms with E-state index in [1.165, 1.54) is 6.20 Å². The second-order valence-corrected chi connectivity index (χ2v) is 7.77. The van der Waals surface area contributed by atoms with E-state index in [0.29, 0.717) is 29.5 Å². The first kappa shape index (κ1) is 20.6. The lowest BCUT2D eigenvalue weighted by Gasteiger charge is -2.29. The summed E-state index contributed by atoms with van der Waals surface area (Å²) in [5, 5.41) is 16.0. The van der Waals surface area contributed by atoms with Gasteiger partial charge in [0, 0.05) is 31.0 Å². The predicted octanol–water partition coefficient (Wildman–Crippen LogP) is 1.63. The van der Waals surface area contributed by atoms with Gasteiger partial charge in [0.25, 0.3) is 11.8 Å². The Labute approximate surface area is 179 Å². The van der Waals surface area contributed by atoms with Crippen molar-refractivity contribution in [3.8, 4) is 0 Å². The number of benzene rings is 1. The summed E-state index contributed by atoms with van der Waals surface area (Å²) < 4.78 is 5.37. The van der Waals surface area contributed by atoms with Gasteiger partial charge in [0.15, 0.2) is 5.69 Å². The maximum absolute atomic E-state index is 12.8. The van der Waals surface area contributed by atoms with Crippen molar-refractivity contribution in [2.75, 3.05) is 49.6 Å². The van der Waals surface area contributed by atoms with Gasteiger partial charge in [-0.2, -0.15) is 5.10 Å². The van der Waals surface area contributed by atoms with Crippen LogP contribution in [0, 0.1) is 0 Å². The lowest BCUT2D eigenvalue weighted by atomic mass is 10.1. The zero-order valence-electron chi connectivity index (χ0n) is 16.5. The van der Waals surface area contributed by atoms with E-state index in [1.54, 1.807) is 12.1 Å². The molecule has 2 aromatic rings. The van der Waals surface area contributed by atoms with E-state index in [1.807, 2.05) is 6.07 Å². The Bertz CT molecular complexity index is 906. The molecule has 2 saturated heterocycles. The first-order valence-electron chi connectivity index (χ1n) is 10.1. The van der Waals surface area contributed by atoms with Crippen LogP contribution in [0.3, 0.4) is 0 Å². The zero-order valence-corrected chi connectivity index (χ0v) is 17.3. The highest BCUT2D eigenvalue weighted by Gasteiger charge is 2.22. The Morgan fingerprint density at radius 2 is 1.93 bits per heavy atom. The fourth-order valence-corrected chi connectivity index (χ4v) is 3.94. The highest BCUT2D eigenvalue weighted by Crippen LogP contribution is 2.25. The van der Waals surface area contributed by atoms with Gasteiger partial charge in [-0.05, 0) is 44.1 Å². The number of nitrogens with one attached hydrogen (secondary N) is 4. The van der Waals surface area contributed by atoms with Crippen LogP contribution in [-0.2, 0) is 4.74 Å². The van der Waals surface area contributed by atoms with Crippen LogP contribution in [-0.4, -0.2) is 67.4 Å². The molecule has 0 unspecified atom stereocenters. The van der Waals surface area contributed by atoms with Crippen molar-refractivity contribution in [3.63, 3.8) is 0 Å². The number of morpholine rings is 1. The lowest BCUT2D eigenvalue weighted by molar-refractivity contribution is 0.0925. The Balaban J connectivity index is 1.43. The highest BCUT2D eigenvalue weighted by molar-refractivity contribution is 6.34. The lowest BCUT2D eigenvalue weighted by Crippen LogP contribution is -2.43. The molecule has 0 aliphatic carbocycles. The largest absolute Gasteiger partial charge is 0.378 e. The SMILES string of the molecule is O=C(Nc1c[nH]nc1C(=O)NC1CCNCC1)c1ccc(N2CCOCC2)cc1Cl. The van der Waals surface area contributed by atoms with E-state index in [-0.39, 0.29) is 17.6 Å². The summed E-state index contributed by atoms with van der Waals surface area (Å²) in [5.74, 6) is -0.710. The molecule has 2 fully saturated rings. The molecule has 2 aliphatic heterocycles. The third kappa shape index (κ3) is 4.75. The van der Waals surface area contributed by atoms with Crippen molar-refractivity contribution in [1.82, 2.24) is 20.8 Å². The molecular formula is C20H25ClN6O3. The third-order valence-electron chi connectivity index (χ3n) is 5.35. The first-order chi connectivity index (χ1) is 14.6. The quantitative estimate of drug-likeness (QED) is 0.571. The van der Waals surface area contributed by atoms with Gasteiger partial charge in [0.05, 0.1) is 29.5 Å². The number of H-pyrrole nitrogens is 1. The van der Waals surface area contributed by atoms with Crippen LogP contribution in [0.15, 0.2) is 24.4 Å². The monoisotopic (exact) mass is 432 g/mol. The van der Waals surface area contributed by atoms with Crippen LogP contribution in [0.4, 0.5) is 11.4 Å². The molecule has 0 bridgehead atoms. The van der Waals surface area contributed by atoms with Gasteiger partial charge in [-0.1, -0.05) is 11.6 Å².